The van der Waals surface area contributed by atoms with E-state index in [2.05, 4.69) is 4.98 Å². The Balaban J connectivity index is 2.37. The van der Waals surface area contributed by atoms with E-state index in [1.54, 1.807) is 0 Å². The van der Waals surface area contributed by atoms with E-state index in [4.69, 9.17) is 4.42 Å². The molecule has 1 saturated carbocycles. The van der Waals surface area contributed by atoms with Crippen LogP contribution in [0.1, 0.15) is 35.0 Å². The molecule has 1 aromatic heterocycles. The Kier molecular flexibility index (Phi) is 1.09. The Hall–Kier alpha value is -1.12. The maximum absolute atomic E-state index is 10.3. The lowest BCUT2D eigenvalue weighted by Crippen LogP contribution is -1.84. The molecular weight excluding hydrogens is 130 g/mol. The molecule has 3 nitrogen and oxygen atoms in total. The molecule has 0 aliphatic heterocycles. The molecule has 1 aliphatic rings. The molecule has 0 bridgehead atoms. The molecule has 0 spiro atoms. The van der Waals surface area contributed by atoms with E-state index in [1.165, 1.54) is 6.39 Å². The molecule has 10 heavy (non-hydrogen) atoms. The highest BCUT2D eigenvalue weighted by atomic mass is 16.3. The zero-order chi connectivity index (χ0) is 6.97. The third-order valence-electron chi connectivity index (χ3n) is 1.68. The van der Waals surface area contributed by atoms with Crippen molar-refractivity contribution in [1.82, 2.24) is 4.98 Å². The van der Waals surface area contributed by atoms with Gasteiger partial charge in [0.2, 0.25) is 0 Å². The Bertz CT molecular complexity index is 250. The predicted molar refractivity (Wildman–Crippen MR) is 33.9 cm³/mol. The van der Waals surface area contributed by atoms with Crippen molar-refractivity contribution in [2.24, 2.45) is 0 Å². The smallest absolute Gasteiger partial charge is 0.181 e. The van der Waals surface area contributed by atoms with Crippen molar-refractivity contribution in [3.05, 3.63) is 17.8 Å². The molecule has 1 aliphatic carbocycles. The Morgan fingerprint density at radius 1 is 1.70 bits per heavy atom. The summed E-state index contributed by atoms with van der Waals surface area (Å²) in [5.74, 6) is 1.25. The van der Waals surface area contributed by atoms with E-state index in [-0.39, 0.29) is 0 Å². The normalized spacial score (nSPS) is 17.2. The van der Waals surface area contributed by atoms with Gasteiger partial charge in [0.05, 0.1) is 0 Å². The van der Waals surface area contributed by atoms with Crippen LogP contribution in [0.25, 0.3) is 0 Å². The fourth-order valence-corrected chi connectivity index (χ4v) is 1.00. The third kappa shape index (κ3) is 0.744. The number of rotatable bonds is 2. The molecule has 0 unspecified atom stereocenters. The third-order valence-corrected chi connectivity index (χ3v) is 1.68. The molecule has 1 heterocycles. The van der Waals surface area contributed by atoms with Gasteiger partial charge in [-0.05, 0) is 12.8 Å². The second-order valence-corrected chi connectivity index (χ2v) is 2.49. The van der Waals surface area contributed by atoms with Crippen LogP contribution in [0.2, 0.25) is 0 Å². The van der Waals surface area contributed by atoms with Crippen LogP contribution in [0, 0.1) is 0 Å². The van der Waals surface area contributed by atoms with Crippen LogP contribution >= 0.6 is 0 Å². The minimum Gasteiger partial charge on any atom is -0.447 e. The molecule has 52 valence electrons. The van der Waals surface area contributed by atoms with Crippen molar-refractivity contribution in [1.29, 1.82) is 0 Å². The molecule has 0 radical (unpaired) electrons. The monoisotopic (exact) mass is 137 g/mol. The minimum atomic E-state index is 0.475. The van der Waals surface area contributed by atoms with E-state index >= 15 is 0 Å². The highest BCUT2D eigenvalue weighted by Gasteiger charge is 2.29. The highest BCUT2D eigenvalue weighted by molar-refractivity contribution is 5.73. The summed E-state index contributed by atoms with van der Waals surface area (Å²) in [6, 6.07) is 0. The van der Waals surface area contributed by atoms with Crippen LogP contribution in [-0.2, 0) is 0 Å². The lowest BCUT2D eigenvalue weighted by molar-refractivity contribution is 0.111. The summed E-state index contributed by atoms with van der Waals surface area (Å²) >= 11 is 0. The maximum atomic E-state index is 10.3. The molecule has 0 saturated heterocycles. The molecule has 0 N–H and O–H groups in total. The zero-order valence-corrected chi connectivity index (χ0v) is 5.41. The lowest BCUT2D eigenvalue weighted by atomic mass is 10.3. The Morgan fingerprint density at radius 2 is 2.50 bits per heavy atom. The van der Waals surface area contributed by atoms with Gasteiger partial charge in [-0.3, -0.25) is 4.79 Å². The number of carbonyl (C=O) groups is 1. The average Bonchev–Trinajstić information content (AvgIpc) is 2.69. The first-order valence-corrected chi connectivity index (χ1v) is 3.30. The van der Waals surface area contributed by atoms with Gasteiger partial charge >= 0.3 is 0 Å². The van der Waals surface area contributed by atoms with Crippen molar-refractivity contribution in [2.75, 3.05) is 0 Å². The van der Waals surface area contributed by atoms with Gasteiger partial charge in [-0.1, -0.05) is 0 Å². The predicted octanol–water partition coefficient (Wildman–Crippen LogP) is 1.36. The van der Waals surface area contributed by atoms with Gasteiger partial charge in [0.1, 0.15) is 11.5 Å². The summed E-state index contributed by atoms with van der Waals surface area (Å²) in [5, 5.41) is 0. The Labute approximate surface area is 58.1 Å². The van der Waals surface area contributed by atoms with E-state index in [9.17, 15) is 4.79 Å². The molecule has 1 fully saturated rings. The van der Waals surface area contributed by atoms with E-state index in [0.29, 0.717) is 11.6 Å². The van der Waals surface area contributed by atoms with Crippen LogP contribution in [0.4, 0.5) is 0 Å². The summed E-state index contributed by atoms with van der Waals surface area (Å²) in [5.41, 5.74) is 0.475. The molecule has 0 aromatic carbocycles. The molecule has 0 atom stereocenters. The highest BCUT2D eigenvalue weighted by Crippen LogP contribution is 2.40. The molecule has 3 heteroatoms. The van der Waals surface area contributed by atoms with Crippen molar-refractivity contribution >= 4 is 6.29 Å². The van der Waals surface area contributed by atoms with Crippen LogP contribution < -0.4 is 0 Å². The van der Waals surface area contributed by atoms with Crippen molar-refractivity contribution in [3.63, 3.8) is 0 Å². The van der Waals surface area contributed by atoms with Crippen LogP contribution in [0.3, 0.4) is 0 Å². The number of nitrogens with zero attached hydrogens (tertiary/aromatic N) is 1. The second-order valence-electron chi connectivity index (χ2n) is 2.49. The first-order valence-electron chi connectivity index (χ1n) is 3.30. The largest absolute Gasteiger partial charge is 0.447 e. The topological polar surface area (TPSA) is 43.1 Å². The van der Waals surface area contributed by atoms with Crippen LogP contribution in [0.15, 0.2) is 10.8 Å². The lowest BCUT2D eigenvalue weighted by Gasteiger charge is -1.86. The first kappa shape index (κ1) is 5.65. The number of carbonyl (C=O) groups excluding carboxylic acids is 1. The summed E-state index contributed by atoms with van der Waals surface area (Å²) in [7, 11) is 0. The van der Waals surface area contributed by atoms with E-state index in [1.807, 2.05) is 0 Å². The quantitative estimate of drug-likeness (QED) is 0.578. The van der Waals surface area contributed by atoms with Gasteiger partial charge in [0.25, 0.3) is 0 Å². The van der Waals surface area contributed by atoms with Gasteiger partial charge in [0, 0.05) is 5.92 Å². The first-order chi connectivity index (χ1) is 4.92. The fourth-order valence-electron chi connectivity index (χ4n) is 1.00. The van der Waals surface area contributed by atoms with Crippen LogP contribution in [0.5, 0.6) is 0 Å². The molecular formula is C7H7NO2. The SMILES string of the molecule is O=Cc1ncoc1C1CC1. The molecule has 1 aromatic rings. The summed E-state index contributed by atoms with van der Waals surface area (Å²) in [6.45, 7) is 0. The van der Waals surface area contributed by atoms with Gasteiger partial charge in [-0.25, -0.2) is 4.98 Å². The zero-order valence-electron chi connectivity index (χ0n) is 5.41. The van der Waals surface area contributed by atoms with E-state index in [0.717, 1.165) is 24.9 Å². The summed E-state index contributed by atoms with van der Waals surface area (Å²) in [4.78, 5) is 14.1. The fraction of sp³-hybridized carbons (Fsp3) is 0.429. The second kappa shape index (κ2) is 1.94. The average molecular weight is 137 g/mol. The van der Waals surface area contributed by atoms with Crippen molar-refractivity contribution in [3.8, 4) is 0 Å². The number of oxazole rings is 1. The number of aromatic nitrogens is 1. The van der Waals surface area contributed by atoms with Crippen molar-refractivity contribution in [2.45, 2.75) is 18.8 Å². The van der Waals surface area contributed by atoms with E-state index < -0.39 is 0 Å². The standard InChI is InChI=1S/C7H7NO2/c9-3-6-7(5-1-2-5)10-4-8-6/h3-5H,1-2H2. The molecule has 2 rings (SSSR count). The van der Waals surface area contributed by atoms with Gasteiger partial charge in [0.15, 0.2) is 12.7 Å². The number of aldehydes is 1. The van der Waals surface area contributed by atoms with Crippen molar-refractivity contribution < 1.29 is 9.21 Å². The van der Waals surface area contributed by atoms with Gasteiger partial charge in [-0.2, -0.15) is 0 Å². The Morgan fingerprint density at radius 3 is 3.10 bits per heavy atom. The maximum Gasteiger partial charge on any atom is 0.181 e. The molecule has 0 amide bonds. The summed E-state index contributed by atoms with van der Waals surface area (Å²) < 4.78 is 5.04. The minimum absolute atomic E-state index is 0.475. The van der Waals surface area contributed by atoms with Crippen LogP contribution in [-0.4, -0.2) is 11.3 Å². The number of hydrogen-bond acceptors (Lipinski definition) is 3. The van der Waals surface area contributed by atoms with Gasteiger partial charge < -0.3 is 4.42 Å². The van der Waals surface area contributed by atoms with Gasteiger partial charge in [-0.15, -0.1) is 0 Å². The number of hydrogen-bond donors (Lipinski definition) is 0. The summed E-state index contributed by atoms with van der Waals surface area (Å²) in [6.07, 6.45) is 4.35.